The Bertz CT molecular complexity index is 256. The summed E-state index contributed by atoms with van der Waals surface area (Å²) in [5.74, 6) is 5.06. The number of hydrogen-bond acceptors (Lipinski definition) is 1. The Kier molecular flexibility index (Phi) is 10.9. The van der Waals surface area contributed by atoms with Crippen molar-refractivity contribution in [2.45, 2.75) is 58.3 Å². The molecule has 2 nitrogen and oxygen atoms in total. The molecule has 16 heavy (non-hydrogen) atoms. The number of allylic oxidation sites excluding steroid dienone is 1. The Labute approximate surface area is 98.7 Å². The van der Waals surface area contributed by atoms with Crippen LogP contribution in [0.25, 0.3) is 0 Å². The van der Waals surface area contributed by atoms with Crippen molar-refractivity contribution in [2.24, 2.45) is 0 Å². The minimum atomic E-state index is -0.811. The zero-order valence-corrected chi connectivity index (χ0v) is 10.2. The average Bonchev–Trinajstić information content (AvgIpc) is 2.25. The number of carboxylic acid groups (broad SMARTS) is 1. The summed E-state index contributed by atoms with van der Waals surface area (Å²) in [6.07, 6.45) is 11.9. The fourth-order valence-corrected chi connectivity index (χ4v) is 1.34. The van der Waals surface area contributed by atoms with Gasteiger partial charge in [0, 0.05) is 6.42 Å². The van der Waals surface area contributed by atoms with Gasteiger partial charge in [-0.2, -0.15) is 0 Å². The molecular weight excluding hydrogens is 200 g/mol. The van der Waals surface area contributed by atoms with Crippen molar-refractivity contribution in [2.75, 3.05) is 0 Å². The number of aliphatic carboxylic acids is 1. The molecule has 2 heteroatoms. The maximum atomic E-state index is 10.2. The van der Waals surface area contributed by atoms with Crippen LogP contribution < -0.4 is 0 Å². The van der Waals surface area contributed by atoms with E-state index >= 15 is 0 Å². The summed E-state index contributed by atoms with van der Waals surface area (Å²) in [6.45, 7) is 2.22. The van der Waals surface area contributed by atoms with Crippen LogP contribution in [0, 0.1) is 11.8 Å². The van der Waals surface area contributed by atoms with E-state index in [4.69, 9.17) is 5.11 Å². The molecule has 90 valence electrons. The maximum Gasteiger partial charge on any atom is 0.307 e. The first-order valence-electron chi connectivity index (χ1n) is 6.12. The van der Waals surface area contributed by atoms with Crippen molar-refractivity contribution in [3.05, 3.63) is 12.2 Å². The Morgan fingerprint density at radius 1 is 1.19 bits per heavy atom. The molecule has 0 aliphatic rings. The van der Waals surface area contributed by atoms with E-state index in [1.54, 1.807) is 12.2 Å². The van der Waals surface area contributed by atoms with Gasteiger partial charge < -0.3 is 5.11 Å². The lowest BCUT2D eigenvalue weighted by Gasteiger charge is -1.96. The standard InChI is InChI=1S/C14H22O2/c1-2-3-4-5-6-7-8-9-10-11-12-13-14(15)16/h11-12H,2-8,13H2,1H3,(H,15,16)/b12-11+. The van der Waals surface area contributed by atoms with Crippen LogP contribution in [0.5, 0.6) is 0 Å². The van der Waals surface area contributed by atoms with Crippen molar-refractivity contribution in [1.82, 2.24) is 0 Å². The first-order valence-corrected chi connectivity index (χ1v) is 6.12. The summed E-state index contributed by atoms with van der Waals surface area (Å²) in [5, 5.41) is 8.36. The third kappa shape index (κ3) is 12.8. The molecule has 0 aromatic carbocycles. The van der Waals surface area contributed by atoms with E-state index in [0.717, 1.165) is 12.8 Å². The average molecular weight is 222 g/mol. The second-order valence-corrected chi connectivity index (χ2v) is 3.84. The molecule has 0 saturated carbocycles. The molecule has 0 aliphatic heterocycles. The van der Waals surface area contributed by atoms with E-state index in [1.807, 2.05) is 0 Å². The number of carboxylic acids is 1. The molecule has 0 unspecified atom stereocenters. The molecule has 0 heterocycles. The molecule has 0 aromatic rings. The minimum Gasteiger partial charge on any atom is -0.481 e. The Morgan fingerprint density at radius 3 is 2.56 bits per heavy atom. The number of unbranched alkanes of at least 4 members (excludes halogenated alkanes) is 6. The zero-order valence-electron chi connectivity index (χ0n) is 10.2. The van der Waals surface area contributed by atoms with Crippen molar-refractivity contribution in [3.8, 4) is 11.8 Å². The second-order valence-electron chi connectivity index (χ2n) is 3.84. The molecule has 0 saturated heterocycles. The molecule has 0 radical (unpaired) electrons. The first kappa shape index (κ1) is 14.8. The number of carbonyl (C=O) groups is 1. The Morgan fingerprint density at radius 2 is 1.88 bits per heavy atom. The van der Waals surface area contributed by atoms with Gasteiger partial charge in [-0.05, 0) is 12.5 Å². The minimum absolute atomic E-state index is 0.0612. The Hall–Kier alpha value is -1.23. The summed E-state index contributed by atoms with van der Waals surface area (Å²) in [5.41, 5.74) is 0. The number of rotatable bonds is 8. The predicted octanol–water partition coefficient (Wildman–Crippen LogP) is 3.77. The van der Waals surface area contributed by atoms with Gasteiger partial charge in [0.2, 0.25) is 0 Å². The lowest BCUT2D eigenvalue weighted by molar-refractivity contribution is -0.135. The highest BCUT2D eigenvalue weighted by Gasteiger charge is 1.88. The van der Waals surface area contributed by atoms with E-state index in [-0.39, 0.29) is 6.42 Å². The molecular formula is C14H22O2. The quantitative estimate of drug-likeness (QED) is 0.501. The van der Waals surface area contributed by atoms with Gasteiger partial charge in [0.1, 0.15) is 0 Å². The van der Waals surface area contributed by atoms with E-state index in [0.29, 0.717) is 0 Å². The summed E-state index contributed by atoms with van der Waals surface area (Å²) in [4.78, 5) is 10.2. The van der Waals surface area contributed by atoms with Gasteiger partial charge in [-0.1, -0.05) is 56.9 Å². The highest BCUT2D eigenvalue weighted by atomic mass is 16.4. The van der Waals surface area contributed by atoms with Crippen molar-refractivity contribution >= 4 is 5.97 Å². The third-order valence-corrected chi connectivity index (χ3v) is 2.25. The van der Waals surface area contributed by atoms with Gasteiger partial charge in [-0.3, -0.25) is 4.79 Å². The number of hydrogen-bond donors (Lipinski definition) is 1. The summed E-state index contributed by atoms with van der Waals surface area (Å²) >= 11 is 0. The normalized spacial score (nSPS) is 10.1. The van der Waals surface area contributed by atoms with Gasteiger partial charge in [0.25, 0.3) is 0 Å². The van der Waals surface area contributed by atoms with E-state index in [9.17, 15) is 4.79 Å². The van der Waals surface area contributed by atoms with Gasteiger partial charge in [0.05, 0.1) is 6.42 Å². The molecule has 0 aromatic heterocycles. The van der Waals surface area contributed by atoms with Crippen molar-refractivity contribution in [1.29, 1.82) is 0 Å². The van der Waals surface area contributed by atoms with Crippen LogP contribution in [0.1, 0.15) is 58.3 Å². The SMILES string of the molecule is CCCCCCCCC#C/C=C/CC(=O)O. The highest BCUT2D eigenvalue weighted by molar-refractivity contribution is 5.68. The van der Waals surface area contributed by atoms with Crippen LogP contribution >= 0.6 is 0 Å². The topological polar surface area (TPSA) is 37.3 Å². The van der Waals surface area contributed by atoms with E-state index < -0.39 is 5.97 Å². The Balaban J connectivity index is 3.27. The highest BCUT2D eigenvalue weighted by Crippen LogP contribution is 2.05. The molecule has 0 fully saturated rings. The van der Waals surface area contributed by atoms with E-state index in [1.165, 1.54) is 32.1 Å². The molecule has 0 amide bonds. The monoisotopic (exact) mass is 222 g/mol. The van der Waals surface area contributed by atoms with Crippen molar-refractivity contribution in [3.63, 3.8) is 0 Å². The zero-order chi connectivity index (χ0) is 12.1. The van der Waals surface area contributed by atoms with Crippen LogP contribution in [-0.4, -0.2) is 11.1 Å². The maximum absolute atomic E-state index is 10.2. The molecule has 0 spiro atoms. The van der Waals surface area contributed by atoms with Crippen LogP contribution in [0.4, 0.5) is 0 Å². The first-order chi connectivity index (χ1) is 7.77. The van der Waals surface area contributed by atoms with E-state index in [2.05, 4.69) is 18.8 Å². The summed E-state index contributed by atoms with van der Waals surface area (Å²) < 4.78 is 0. The lowest BCUT2D eigenvalue weighted by Crippen LogP contribution is -1.89. The van der Waals surface area contributed by atoms with Crippen LogP contribution in [0.3, 0.4) is 0 Å². The largest absolute Gasteiger partial charge is 0.481 e. The molecule has 0 bridgehead atoms. The van der Waals surface area contributed by atoms with Gasteiger partial charge in [0.15, 0.2) is 0 Å². The fraction of sp³-hybridized carbons (Fsp3) is 0.643. The van der Waals surface area contributed by atoms with Gasteiger partial charge >= 0.3 is 5.97 Å². The smallest absolute Gasteiger partial charge is 0.307 e. The third-order valence-electron chi connectivity index (χ3n) is 2.25. The summed E-state index contributed by atoms with van der Waals surface area (Å²) in [6, 6.07) is 0. The van der Waals surface area contributed by atoms with Gasteiger partial charge in [-0.15, -0.1) is 0 Å². The van der Waals surface area contributed by atoms with Crippen LogP contribution in [0.15, 0.2) is 12.2 Å². The molecule has 0 atom stereocenters. The second kappa shape index (κ2) is 11.8. The van der Waals surface area contributed by atoms with Crippen LogP contribution in [-0.2, 0) is 4.79 Å². The van der Waals surface area contributed by atoms with Crippen LogP contribution in [0.2, 0.25) is 0 Å². The lowest BCUT2D eigenvalue weighted by atomic mass is 10.1. The molecule has 0 rings (SSSR count). The summed E-state index contributed by atoms with van der Waals surface area (Å²) in [7, 11) is 0. The van der Waals surface area contributed by atoms with Gasteiger partial charge in [-0.25, -0.2) is 0 Å². The predicted molar refractivity (Wildman–Crippen MR) is 67.2 cm³/mol. The molecule has 1 N–H and O–H groups in total. The fourth-order valence-electron chi connectivity index (χ4n) is 1.34. The molecule has 0 aliphatic carbocycles. The van der Waals surface area contributed by atoms with Crippen molar-refractivity contribution < 1.29 is 9.90 Å².